The summed E-state index contributed by atoms with van der Waals surface area (Å²) in [4.78, 5) is 14.6. The van der Waals surface area contributed by atoms with E-state index in [-0.39, 0.29) is 12.0 Å². The van der Waals surface area contributed by atoms with Gasteiger partial charge in [-0.25, -0.2) is 0 Å². The monoisotopic (exact) mass is 344 g/mol. The molecule has 0 aromatic carbocycles. The molecule has 1 saturated heterocycles. The zero-order chi connectivity index (χ0) is 17.2. The first-order valence-corrected chi connectivity index (χ1v) is 8.85. The number of nitrogens with one attached hydrogen (secondary N) is 1. The lowest BCUT2D eigenvalue weighted by Gasteiger charge is -2.39. The Hall–Kier alpha value is -2.12. The van der Waals surface area contributed by atoms with Gasteiger partial charge in [-0.2, -0.15) is 5.10 Å². The molecule has 25 heavy (non-hydrogen) atoms. The number of morpholine rings is 1. The van der Waals surface area contributed by atoms with Crippen molar-refractivity contribution in [2.75, 3.05) is 19.7 Å². The lowest BCUT2D eigenvalue weighted by Crippen LogP contribution is -2.50. The maximum Gasteiger partial charge on any atom is 0.286 e. The molecule has 0 bridgehead atoms. The fourth-order valence-electron chi connectivity index (χ4n) is 4.06. The summed E-state index contributed by atoms with van der Waals surface area (Å²) in [6.07, 6.45) is 7.87. The van der Waals surface area contributed by atoms with Crippen LogP contribution in [0.1, 0.15) is 29.0 Å². The second-order valence-corrected chi connectivity index (χ2v) is 6.92. The van der Waals surface area contributed by atoms with Crippen molar-refractivity contribution in [2.45, 2.75) is 31.5 Å². The van der Waals surface area contributed by atoms with Crippen LogP contribution in [0.5, 0.6) is 0 Å². The summed E-state index contributed by atoms with van der Waals surface area (Å²) in [6, 6.07) is 3.82. The van der Waals surface area contributed by atoms with Crippen LogP contribution in [0.3, 0.4) is 0 Å². The largest absolute Gasteiger partial charge is 0.459 e. The zero-order valence-corrected chi connectivity index (χ0v) is 14.4. The molecular formula is C18H24N4O3. The van der Waals surface area contributed by atoms with E-state index in [1.165, 1.54) is 11.8 Å². The van der Waals surface area contributed by atoms with Gasteiger partial charge in [-0.05, 0) is 25.0 Å². The number of hydrogen-bond donors (Lipinski definition) is 1. The highest BCUT2D eigenvalue weighted by molar-refractivity contribution is 5.91. The molecule has 1 amide bonds. The van der Waals surface area contributed by atoms with Crippen molar-refractivity contribution in [1.82, 2.24) is 20.0 Å². The van der Waals surface area contributed by atoms with E-state index in [1.54, 1.807) is 12.1 Å². The van der Waals surface area contributed by atoms with Crippen LogP contribution < -0.4 is 5.32 Å². The summed E-state index contributed by atoms with van der Waals surface area (Å²) in [7, 11) is 1.94. The first-order chi connectivity index (χ1) is 12.2. The number of aromatic nitrogens is 2. The molecule has 134 valence electrons. The Bertz CT molecular complexity index is 712. The van der Waals surface area contributed by atoms with Crippen molar-refractivity contribution in [1.29, 1.82) is 0 Å². The lowest BCUT2D eigenvalue weighted by molar-refractivity contribution is -0.0757. The van der Waals surface area contributed by atoms with E-state index < -0.39 is 0 Å². The first kappa shape index (κ1) is 16.4. The predicted molar refractivity (Wildman–Crippen MR) is 90.9 cm³/mol. The fraction of sp³-hybridized carbons (Fsp3) is 0.556. The normalized spacial score (nSPS) is 26.5. The van der Waals surface area contributed by atoms with Gasteiger partial charge in [0.05, 0.1) is 25.2 Å². The molecule has 1 aliphatic heterocycles. The molecule has 2 fully saturated rings. The van der Waals surface area contributed by atoms with Crippen molar-refractivity contribution in [2.24, 2.45) is 13.0 Å². The second kappa shape index (κ2) is 7.01. The minimum atomic E-state index is -0.156. The van der Waals surface area contributed by atoms with Gasteiger partial charge < -0.3 is 14.5 Å². The second-order valence-electron chi connectivity index (χ2n) is 6.92. The van der Waals surface area contributed by atoms with Crippen molar-refractivity contribution in [3.8, 4) is 0 Å². The van der Waals surface area contributed by atoms with E-state index in [9.17, 15) is 4.79 Å². The van der Waals surface area contributed by atoms with Crippen molar-refractivity contribution in [3.05, 3.63) is 42.1 Å². The molecule has 1 aliphatic carbocycles. The van der Waals surface area contributed by atoms with Gasteiger partial charge in [0.15, 0.2) is 5.76 Å². The van der Waals surface area contributed by atoms with Crippen LogP contribution in [0.4, 0.5) is 0 Å². The fourth-order valence-corrected chi connectivity index (χ4v) is 4.06. The van der Waals surface area contributed by atoms with Gasteiger partial charge >= 0.3 is 0 Å². The molecule has 7 nitrogen and oxygen atoms in total. The van der Waals surface area contributed by atoms with E-state index in [0.29, 0.717) is 24.3 Å². The minimum absolute atomic E-state index is 0.156. The smallest absolute Gasteiger partial charge is 0.286 e. The average molecular weight is 344 g/mol. The number of carbonyl (C=O) groups excluding carboxylic acids is 1. The maximum atomic E-state index is 12.1. The van der Waals surface area contributed by atoms with Gasteiger partial charge in [0.25, 0.3) is 5.91 Å². The maximum absolute atomic E-state index is 12.1. The summed E-state index contributed by atoms with van der Waals surface area (Å²) >= 11 is 0. The molecule has 0 radical (unpaired) electrons. The third kappa shape index (κ3) is 3.48. The van der Waals surface area contributed by atoms with Crippen molar-refractivity contribution in [3.63, 3.8) is 0 Å². The van der Waals surface area contributed by atoms with Gasteiger partial charge in [0, 0.05) is 50.4 Å². The lowest BCUT2D eigenvalue weighted by atomic mass is 10.0. The number of amides is 1. The Morgan fingerprint density at radius 2 is 2.36 bits per heavy atom. The van der Waals surface area contributed by atoms with Gasteiger partial charge in [-0.1, -0.05) is 0 Å². The highest BCUT2D eigenvalue weighted by Crippen LogP contribution is 2.35. The highest BCUT2D eigenvalue weighted by Gasteiger charge is 2.42. The van der Waals surface area contributed by atoms with Crippen LogP contribution in [0, 0.1) is 5.92 Å². The molecule has 2 aromatic rings. The first-order valence-electron chi connectivity index (χ1n) is 8.85. The third-order valence-corrected chi connectivity index (χ3v) is 5.25. The van der Waals surface area contributed by atoms with E-state index >= 15 is 0 Å². The SMILES string of the molecule is Cn1cc(CN2CCO[C@@H]3[C@@H](CNC(=O)c4ccco4)CC[C@@H]32)cn1. The standard InChI is InChI=1S/C18H24N4O3/c1-21-11-13(9-20-21)12-22-6-8-25-17-14(4-5-15(17)22)10-19-18(23)16-3-2-7-24-16/h2-3,7,9,11,14-15,17H,4-6,8,10,12H2,1H3,(H,19,23)/t14-,15+,17-/m1/s1. The van der Waals surface area contributed by atoms with Gasteiger partial charge in [0.1, 0.15) is 0 Å². The van der Waals surface area contributed by atoms with E-state index in [2.05, 4.69) is 21.5 Å². The number of rotatable bonds is 5. The minimum Gasteiger partial charge on any atom is -0.459 e. The summed E-state index contributed by atoms with van der Waals surface area (Å²) in [6.45, 7) is 3.22. The number of fused-ring (bicyclic) bond motifs is 1. The number of carbonyl (C=O) groups is 1. The van der Waals surface area contributed by atoms with E-state index in [1.807, 2.05) is 17.9 Å². The summed E-state index contributed by atoms with van der Waals surface area (Å²) in [5.74, 6) is 0.550. The molecule has 7 heteroatoms. The van der Waals surface area contributed by atoms with Crippen LogP contribution in [-0.2, 0) is 18.3 Å². The number of ether oxygens (including phenoxy) is 1. The van der Waals surface area contributed by atoms with Crippen LogP contribution in [-0.4, -0.2) is 52.4 Å². The van der Waals surface area contributed by atoms with Crippen LogP contribution in [0.25, 0.3) is 0 Å². The highest BCUT2D eigenvalue weighted by atomic mass is 16.5. The summed E-state index contributed by atoms with van der Waals surface area (Å²) < 4.78 is 13.1. The Labute approximate surface area is 146 Å². The molecular weight excluding hydrogens is 320 g/mol. The molecule has 1 saturated carbocycles. The molecule has 2 aromatic heterocycles. The van der Waals surface area contributed by atoms with Gasteiger partial charge in [0.2, 0.25) is 0 Å². The Morgan fingerprint density at radius 3 is 3.12 bits per heavy atom. The van der Waals surface area contributed by atoms with E-state index in [0.717, 1.165) is 32.5 Å². The summed E-state index contributed by atoms with van der Waals surface area (Å²) in [5.41, 5.74) is 1.23. The molecule has 3 atom stereocenters. The van der Waals surface area contributed by atoms with Gasteiger partial charge in [-0.3, -0.25) is 14.4 Å². The quantitative estimate of drug-likeness (QED) is 0.888. The molecule has 0 unspecified atom stereocenters. The molecule has 4 rings (SSSR count). The van der Waals surface area contributed by atoms with Crippen molar-refractivity contribution >= 4 is 5.91 Å². The number of aryl methyl sites for hydroxylation is 1. The molecule has 0 spiro atoms. The zero-order valence-electron chi connectivity index (χ0n) is 14.4. The molecule has 3 heterocycles. The number of nitrogens with zero attached hydrogens (tertiary/aromatic N) is 3. The van der Waals surface area contributed by atoms with Crippen LogP contribution in [0.15, 0.2) is 35.2 Å². The number of hydrogen-bond acceptors (Lipinski definition) is 5. The average Bonchev–Trinajstić information content (AvgIpc) is 3.34. The summed E-state index contributed by atoms with van der Waals surface area (Å²) in [5, 5.41) is 7.24. The van der Waals surface area contributed by atoms with Crippen LogP contribution >= 0.6 is 0 Å². The Morgan fingerprint density at radius 1 is 1.44 bits per heavy atom. The molecule has 2 aliphatic rings. The number of furan rings is 1. The topological polar surface area (TPSA) is 72.5 Å². The van der Waals surface area contributed by atoms with Crippen molar-refractivity contribution < 1.29 is 13.9 Å². The molecule has 1 N–H and O–H groups in total. The Balaban J connectivity index is 1.35. The third-order valence-electron chi connectivity index (χ3n) is 5.25. The Kier molecular flexibility index (Phi) is 4.59. The van der Waals surface area contributed by atoms with Gasteiger partial charge in [-0.15, -0.1) is 0 Å². The van der Waals surface area contributed by atoms with Crippen LogP contribution in [0.2, 0.25) is 0 Å². The predicted octanol–water partition coefficient (Wildman–Crippen LogP) is 1.42. The van der Waals surface area contributed by atoms with E-state index in [4.69, 9.17) is 9.15 Å².